The monoisotopic (exact) mass is 564 g/mol. The number of ketones is 1. The van der Waals surface area contributed by atoms with E-state index >= 15 is 0 Å². The molecule has 0 spiro atoms. The number of rotatable bonds is 17. The van der Waals surface area contributed by atoms with Gasteiger partial charge in [0.2, 0.25) is 23.5 Å². The van der Waals surface area contributed by atoms with Crippen LogP contribution in [-0.2, 0) is 14.4 Å². The van der Waals surface area contributed by atoms with E-state index in [2.05, 4.69) is 31.6 Å². The SMILES string of the molecule is CC(=O)N[C@H](CCCNC(=N)N)C(=O)N[C@@H](CC1CCC1)C(=O)NC(CCCNC(=N)N)C(=O)c1nccs1. The second kappa shape index (κ2) is 16.3. The normalized spacial score (nSPS) is 15.1. The molecule has 1 heterocycles. The van der Waals surface area contributed by atoms with E-state index in [1.165, 1.54) is 24.5 Å². The van der Waals surface area contributed by atoms with Crippen LogP contribution in [0.25, 0.3) is 0 Å². The molecule has 2 rings (SSSR count). The van der Waals surface area contributed by atoms with Gasteiger partial charge in [0.1, 0.15) is 12.1 Å². The summed E-state index contributed by atoms with van der Waals surface area (Å²) in [6.45, 7) is 2.01. The van der Waals surface area contributed by atoms with Gasteiger partial charge in [0.25, 0.3) is 0 Å². The van der Waals surface area contributed by atoms with Gasteiger partial charge in [0, 0.05) is 31.6 Å². The van der Waals surface area contributed by atoms with Crippen LogP contribution in [0.5, 0.6) is 0 Å². The first kappa shape index (κ1) is 31.5. The van der Waals surface area contributed by atoms with Crippen molar-refractivity contribution >= 4 is 46.8 Å². The maximum absolute atomic E-state index is 13.5. The van der Waals surface area contributed by atoms with Crippen molar-refractivity contribution in [2.45, 2.75) is 76.4 Å². The van der Waals surface area contributed by atoms with Gasteiger partial charge >= 0.3 is 0 Å². The Kier molecular flexibility index (Phi) is 13.1. The fourth-order valence-corrected chi connectivity index (χ4v) is 4.80. The molecule has 15 heteroatoms. The molecule has 0 radical (unpaired) electrons. The molecule has 0 aromatic carbocycles. The maximum atomic E-state index is 13.5. The fourth-order valence-electron chi connectivity index (χ4n) is 4.17. The van der Waals surface area contributed by atoms with Gasteiger partial charge in [-0.25, -0.2) is 4.98 Å². The number of Topliss-reactive ketones (excluding diaryl/α,β-unsaturated/α-hetero) is 1. The lowest BCUT2D eigenvalue weighted by atomic mass is 9.80. The minimum absolute atomic E-state index is 0.184. The quantitative estimate of drug-likeness (QED) is 0.0512. The second-order valence-electron chi connectivity index (χ2n) is 9.57. The number of thiazole rings is 1. The predicted molar refractivity (Wildman–Crippen MR) is 148 cm³/mol. The van der Waals surface area contributed by atoms with E-state index < -0.39 is 29.9 Å². The fraction of sp³-hybridized carbons (Fsp3) is 0.625. The van der Waals surface area contributed by atoms with Gasteiger partial charge in [0.05, 0.1) is 6.04 Å². The van der Waals surface area contributed by atoms with Gasteiger partial charge in [0.15, 0.2) is 16.9 Å². The van der Waals surface area contributed by atoms with E-state index in [0.717, 1.165) is 19.3 Å². The van der Waals surface area contributed by atoms with E-state index in [1.807, 2.05) is 0 Å². The van der Waals surface area contributed by atoms with Crippen molar-refractivity contribution in [1.82, 2.24) is 31.6 Å². The number of amides is 3. The Morgan fingerprint density at radius 1 is 0.949 bits per heavy atom. The third-order valence-electron chi connectivity index (χ3n) is 6.37. The first-order valence-electron chi connectivity index (χ1n) is 13.0. The van der Waals surface area contributed by atoms with Crippen molar-refractivity contribution in [2.24, 2.45) is 17.4 Å². The van der Waals surface area contributed by atoms with Gasteiger partial charge in [-0.05, 0) is 38.0 Å². The molecular weight excluding hydrogens is 524 g/mol. The zero-order valence-corrected chi connectivity index (χ0v) is 23.0. The molecule has 0 bridgehead atoms. The summed E-state index contributed by atoms with van der Waals surface area (Å²) in [6.07, 6.45) is 6.36. The summed E-state index contributed by atoms with van der Waals surface area (Å²) in [5.74, 6) is -1.80. The average molecular weight is 565 g/mol. The lowest BCUT2D eigenvalue weighted by Gasteiger charge is -2.31. The van der Waals surface area contributed by atoms with Crippen LogP contribution in [0.15, 0.2) is 11.6 Å². The van der Waals surface area contributed by atoms with Crippen molar-refractivity contribution in [3.05, 3.63) is 16.6 Å². The number of carbonyl (C=O) groups excluding carboxylic acids is 4. The highest BCUT2D eigenvalue weighted by Gasteiger charge is 2.33. The summed E-state index contributed by atoms with van der Waals surface area (Å²) in [5.41, 5.74) is 10.6. The van der Waals surface area contributed by atoms with Gasteiger partial charge in [-0.3, -0.25) is 30.0 Å². The van der Waals surface area contributed by atoms with Gasteiger partial charge in [-0.1, -0.05) is 19.3 Å². The Hall–Kier alpha value is -3.75. The molecule has 216 valence electrons. The molecule has 3 atom stereocenters. The van der Waals surface area contributed by atoms with E-state index in [4.69, 9.17) is 22.3 Å². The van der Waals surface area contributed by atoms with E-state index in [-0.39, 0.29) is 47.4 Å². The zero-order chi connectivity index (χ0) is 28.8. The molecule has 0 aliphatic heterocycles. The third kappa shape index (κ3) is 11.7. The van der Waals surface area contributed by atoms with Crippen LogP contribution >= 0.6 is 11.3 Å². The van der Waals surface area contributed by atoms with Crippen LogP contribution in [0.1, 0.15) is 68.1 Å². The molecule has 39 heavy (non-hydrogen) atoms. The van der Waals surface area contributed by atoms with Crippen LogP contribution in [0, 0.1) is 16.7 Å². The van der Waals surface area contributed by atoms with E-state index in [9.17, 15) is 19.2 Å². The van der Waals surface area contributed by atoms with Gasteiger partial charge < -0.3 is 38.1 Å². The smallest absolute Gasteiger partial charge is 0.243 e. The summed E-state index contributed by atoms with van der Waals surface area (Å²) in [6, 6.07) is -2.64. The summed E-state index contributed by atoms with van der Waals surface area (Å²) in [7, 11) is 0. The second-order valence-corrected chi connectivity index (χ2v) is 10.5. The average Bonchev–Trinajstić information content (AvgIpc) is 3.38. The summed E-state index contributed by atoms with van der Waals surface area (Å²) >= 11 is 1.18. The van der Waals surface area contributed by atoms with Crippen molar-refractivity contribution < 1.29 is 19.2 Å². The standard InChI is InChI=1S/C24H40N10O4S/c1-14(35)32-17(8-4-10-31-24(27)28)20(37)34-18(13-15-5-2-6-15)21(38)33-16(7-3-9-30-23(25)26)19(36)22-29-11-12-39-22/h11-12,15-18H,2-10,13H2,1H3,(H,32,35)(H,33,38)(H,34,37)(H4,25,26,30)(H4,27,28,31)/t16?,17-,18+/m1/s1. The number of guanidine groups is 2. The Morgan fingerprint density at radius 3 is 2.00 bits per heavy atom. The topological polar surface area (TPSA) is 241 Å². The molecule has 14 nitrogen and oxygen atoms in total. The molecule has 1 aromatic rings. The first-order chi connectivity index (χ1) is 18.6. The molecule has 1 unspecified atom stereocenters. The van der Waals surface area contributed by atoms with Crippen LogP contribution < -0.4 is 38.1 Å². The van der Waals surface area contributed by atoms with Crippen LogP contribution in [0.2, 0.25) is 0 Å². The van der Waals surface area contributed by atoms with E-state index in [1.54, 1.807) is 5.38 Å². The number of nitrogens with one attached hydrogen (secondary N) is 7. The number of nitrogens with two attached hydrogens (primary N) is 2. The van der Waals surface area contributed by atoms with Gasteiger partial charge in [-0.15, -0.1) is 11.3 Å². The molecular formula is C24H40N10O4S. The highest BCUT2D eigenvalue weighted by Crippen LogP contribution is 2.30. The third-order valence-corrected chi connectivity index (χ3v) is 7.15. The highest BCUT2D eigenvalue weighted by atomic mass is 32.1. The Morgan fingerprint density at radius 2 is 1.51 bits per heavy atom. The summed E-state index contributed by atoms with van der Waals surface area (Å²) < 4.78 is 0. The number of hydrogen-bond acceptors (Lipinski definition) is 8. The van der Waals surface area contributed by atoms with Crippen LogP contribution in [-0.4, -0.2) is 71.6 Å². The van der Waals surface area contributed by atoms with Crippen LogP contribution in [0.4, 0.5) is 0 Å². The maximum Gasteiger partial charge on any atom is 0.243 e. The highest BCUT2D eigenvalue weighted by molar-refractivity contribution is 7.11. The molecule has 11 N–H and O–H groups in total. The molecule has 0 saturated heterocycles. The van der Waals surface area contributed by atoms with Gasteiger partial charge in [-0.2, -0.15) is 0 Å². The van der Waals surface area contributed by atoms with Crippen LogP contribution in [0.3, 0.4) is 0 Å². The number of nitrogens with zero attached hydrogens (tertiary/aromatic N) is 1. The van der Waals surface area contributed by atoms with E-state index in [0.29, 0.717) is 32.4 Å². The molecule has 1 aliphatic rings. The predicted octanol–water partition coefficient (Wildman–Crippen LogP) is -0.483. The molecule has 1 saturated carbocycles. The number of aromatic nitrogens is 1. The lowest BCUT2D eigenvalue weighted by Crippen LogP contribution is -2.56. The zero-order valence-electron chi connectivity index (χ0n) is 22.2. The Labute approximate surface area is 231 Å². The summed E-state index contributed by atoms with van der Waals surface area (Å²) in [5, 5.41) is 30.0. The van der Waals surface area contributed by atoms with Crippen molar-refractivity contribution in [1.29, 1.82) is 10.8 Å². The largest absolute Gasteiger partial charge is 0.370 e. The molecule has 1 aromatic heterocycles. The minimum atomic E-state index is -0.892. The number of carbonyl (C=O) groups is 4. The van der Waals surface area contributed by atoms with Crippen molar-refractivity contribution in [2.75, 3.05) is 13.1 Å². The van der Waals surface area contributed by atoms with Crippen molar-refractivity contribution in [3.8, 4) is 0 Å². The first-order valence-corrected chi connectivity index (χ1v) is 13.9. The Balaban J connectivity index is 2.11. The molecule has 3 amide bonds. The molecule has 1 aliphatic carbocycles. The minimum Gasteiger partial charge on any atom is -0.370 e. The summed E-state index contributed by atoms with van der Waals surface area (Å²) in [4.78, 5) is 55.6. The lowest BCUT2D eigenvalue weighted by molar-refractivity contribution is -0.132. The Bertz CT molecular complexity index is 999. The number of hydrogen-bond donors (Lipinski definition) is 9. The molecule has 1 fully saturated rings. The van der Waals surface area contributed by atoms with Crippen molar-refractivity contribution in [3.63, 3.8) is 0 Å².